The minimum absolute atomic E-state index is 0.0235. The molecule has 0 radical (unpaired) electrons. The van der Waals surface area contributed by atoms with E-state index in [1.165, 1.54) is 0 Å². The number of Topliss-reactive ketones (excluding diaryl/α,β-unsaturated/α-hetero) is 2. The number of ketones is 2. The van der Waals surface area contributed by atoms with Crippen LogP contribution in [0.3, 0.4) is 0 Å². The molecular weight excluding hydrogens is 368 g/mol. The second-order valence-corrected chi connectivity index (χ2v) is 10.6. The van der Waals surface area contributed by atoms with E-state index in [9.17, 15) is 19.5 Å². The summed E-state index contributed by atoms with van der Waals surface area (Å²) in [7, 11) is 0. The fourth-order valence-electron chi connectivity index (χ4n) is 7.75. The molecule has 8 atom stereocenters. The lowest BCUT2D eigenvalue weighted by molar-refractivity contribution is -0.166. The van der Waals surface area contributed by atoms with Crippen molar-refractivity contribution in [3.05, 3.63) is 11.6 Å². The smallest absolute Gasteiger partial charge is 0.307 e. The molecule has 2 N–H and O–H groups in total. The topological polar surface area (TPSA) is 91.7 Å². The fourth-order valence-corrected chi connectivity index (χ4v) is 7.75. The summed E-state index contributed by atoms with van der Waals surface area (Å²) >= 11 is 0. The predicted octanol–water partition coefficient (Wildman–Crippen LogP) is 3.79. The third-order valence-electron chi connectivity index (χ3n) is 9.45. The van der Waals surface area contributed by atoms with Crippen molar-refractivity contribution in [2.24, 2.45) is 40.4 Å². The lowest BCUT2D eigenvalue weighted by atomic mass is 9.44. The van der Waals surface area contributed by atoms with Gasteiger partial charge in [-0.1, -0.05) is 25.5 Å². The quantitative estimate of drug-likeness (QED) is 0.701. The molecule has 5 heteroatoms. The number of aliphatic hydroxyl groups is 1. The van der Waals surface area contributed by atoms with Crippen LogP contribution in [-0.4, -0.2) is 33.9 Å². The molecule has 8 unspecified atom stereocenters. The van der Waals surface area contributed by atoms with E-state index in [0.717, 1.165) is 31.3 Å². The Morgan fingerprint density at radius 3 is 2.55 bits per heavy atom. The molecule has 0 saturated heterocycles. The highest BCUT2D eigenvalue weighted by Crippen LogP contribution is 2.66. The Morgan fingerprint density at radius 1 is 1.14 bits per heavy atom. The number of hydrogen-bond acceptors (Lipinski definition) is 4. The zero-order valence-corrected chi connectivity index (χ0v) is 17.8. The van der Waals surface area contributed by atoms with E-state index < -0.39 is 11.4 Å². The summed E-state index contributed by atoms with van der Waals surface area (Å²) in [6, 6.07) is 0. The summed E-state index contributed by atoms with van der Waals surface area (Å²) in [5.74, 6) is 0.000925. The van der Waals surface area contributed by atoms with E-state index in [1.54, 1.807) is 6.08 Å². The van der Waals surface area contributed by atoms with E-state index in [4.69, 9.17) is 5.11 Å². The van der Waals surface area contributed by atoms with Crippen LogP contribution < -0.4 is 0 Å². The van der Waals surface area contributed by atoms with Gasteiger partial charge < -0.3 is 10.2 Å². The second kappa shape index (κ2) is 7.04. The Balaban J connectivity index is 1.67. The molecular formula is C24H34O5. The van der Waals surface area contributed by atoms with E-state index >= 15 is 0 Å². The average Bonchev–Trinajstić information content (AvgIpc) is 3.01. The number of hydrogen-bond donors (Lipinski definition) is 2. The number of carboxylic acid groups (broad SMARTS) is 1. The molecule has 0 aromatic heterocycles. The summed E-state index contributed by atoms with van der Waals surface area (Å²) in [4.78, 5) is 37.9. The van der Waals surface area contributed by atoms with Crippen molar-refractivity contribution < 1.29 is 24.6 Å². The first-order valence-electron chi connectivity index (χ1n) is 11.2. The lowest BCUT2D eigenvalue weighted by Gasteiger charge is -2.59. The molecule has 4 fully saturated rings. The van der Waals surface area contributed by atoms with Crippen molar-refractivity contribution in [2.75, 3.05) is 0 Å². The third kappa shape index (κ3) is 3.03. The molecule has 4 saturated carbocycles. The van der Waals surface area contributed by atoms with Gasteiger partial charge in [-0.25, -0.2) is 0 Å². The van der Waals surface area contributed by atoms with Gasteiger partial charge in [0.05, 0.1) is 12.5 Å². The highest BCUT2D eigenvalue weighted by atomic mass is 16.4. The number of fused-ring (bicyclic) bond motifs is 5. The van der Waals surface area contributed by atoms with Gasteiger partial charge in [-0.05, 0) is 68.1 Å². The van der Waals surface area contributed by atoms with Crippen LogP contribution in [0.2, 0.25) is 0 Å². The number of rotatable bonds is 3. The minimum Gasteiger partial charge on any atom is -0.481 e. The highest BCUT2D eigenvalue weighted by Gasteiger charge is 2.65. The van der Waals surface area contributed by atoms with Gasteiger partial charge in [0.25, 0.3) is 0 Å². The molecule has 0 aromatic carbocycles. The molecule has 160 valence electrons. The van der Waals surface area contributed by atoms with Gasteiger partial charge in [-0.15, -0.1) is 0 Å². The summed E-state index contributed by atoms with van der Waals surface area (Å²) in [6.07, 6.45) is 6.45. The van der Waals surface area contributed by atoms with E-state index in [2.05, 4.69) is 6.92 Å². The fraction of sp³-hybridized carbons (Fsp3) is 0.792. The first-order chi connectivity index (χ1) is 13.6. The Bertz CT molecular complexity index is 769. The van der Waals surface area contributed by atoms with E-state index in [0.29, 0.717) is 25.0 Å². The third-order valence-corrected chi connectivity index (χ3v) is 9.45. The molecule has 0 heterocycles. The Hall–Kier alpha value is -1.49. The van der Waals surface area contributed by atoms with Crippen molar-refractivity contribution in [3.8, 4) is 0 Å². The van der Waals surface area contributed by atoms with Crippen LogP contribution in [0.1, 0.15) is 72.1 Å². The van der Waals surface area contributed by atoms with Gasteiger partial charge in [0.15, 0.2) is 0 Å². The summed E-state index contributed by atoms with van der Waals surface area (Å²) in [5.41, 5.74) is 0.381. The van der Waals surface area contributed by atoms with Crippen molar-refractivity contribution in [1.82, 2.24) is 0 Å². The average molecular weight is 403 g/mol. The van der Waals surface area contributed by atoms with Crippen molar-refractivity contribution >= 4 is 17.5 Å². The van der Waals surface area contributed by atoms with Crippen molar-refractivity contribution in [2.45, 2.75) is 78.2 Å². The van der Waals surface area contributed by atoms with Crippen LogP contribution in [0.5, 0.6) is 0 Å². The normalized spacial score (nSPS) is 47.4. The molecule has 5 nitrogen and oxygen atoms in total. The largest absolute Gasteiger partial charge is 0.481 e. The maximum atomic E-state index is 13.6. The second-order valence-electron chi connectivity index (χ2n) is 10.6. The predicted molar refractivity (Wildman–Crippen MR) is 108 cm³/mol. The van der Waals surface area contributed by atoms with Crippen LogP contribution >= 0.6 is 0 Å². The van der Waals surface area contributed by atoms with Gasteiger partial charge in [0, 0.05) is 24.2 Å². The van der Waals surface area contributed by atoms with Crippen molar-refractivity contribution in [1.29, 1.82) is 0 Å². The first kappa shape index (κ1) is 20.8. The van der Waals surface area contributed by atoms with Gasteiger partial charge in [-0.3, -0.25) is 14.4 Å². The highest BCUT2D eigenvalue weighted by molar-refractivity contribution is 5.92. The standard InChI is InChI=1S/C24H34O5/c1-13(4-7-21(28)29)16-5-6-17-22-18(12-20(27)24(16,17)3)23(2)9-8-15(25)10-14(23)11-19(22)26/h4,14-18,22,25H,5-12H2,1-3H3,(H,28,29). The molecule has 0 spiro atoms. The van der Waals surface area contributed by atoms with Gasteiger partial charge >= 0.3 is 5.97 Å². The van der Waals surface area contributed by atoms with E-state index in [-0.39, 0.29) is 53.3 Å². The van der Waals surface area contributed by atoms with Crippen LogP contribution in [0.4, 0.5) is 0 Å². The molecule has 0 aromatic rings. The summed E-state index contributed by atoms with van der Waals surface area (Å²) in [5, 5.41) is 19.2. The number of carbonyl (C=O) groups excluding carboxylic acids is 2. The minimum atomic E-state index is -0.861. The summed E-state index contributed by atoms with van der Waals surface area (Å²) in [6.45, 7) is 6.25. The van der Waals surface area contributed by atoms with Gasteiger partial charge in [0.2, 0.25) is 0 Å². The number of aliphatic carboxylic acids is 1. The Labute approximate surface area is 172 Å². The van der Waals surface area contributed by atoms with Crippen molar-refractivity contribution in [3.63, 3.8) is 0 Å². The van der Waals surface area contributed by atoms with E-state index in [1.807, 2.05) is 13.8 Å². The SMILES string of the molecule is CC(=CCC(=O)O)C1CCC2C3C(=O)CC4CC(O)CCC4(C)C3CC(=O)C12C. The molecule has 4 aliphatic carbocycles. The molecule has 4 rings (SSSR count). The number of aliphatic hydroxyl groups excluding tert-OH is 1. The van der Waals surface area contributed by atoms with Gasteiger partial charge in [-0.2, -0.15) is 0 Å². The molecule has 0 bridgehead atoms. The zero-order chi connectivity index (χ0) is 21.1. The van der Waals surface area contributed by atoms with Gasteiger partial charge in [0.1, 0.15) is 11.6 Å². The molecule has 29 heavy (non-hydrogen) atoms. The maximum Gasteiger partial charge on any atom is 0.307 e. The van der Waals surface area contributed by atoms with Crippen LogP contribution in [0.25, 0.3) is 0 Å². The van der Waals surface area contributed by atoms with Crippen LogP contribution in [0, 0.1) is 40.4 Å². The molecule has 4 aliphatic rings. The maximum absolute atomic E-state index is 13.6. The number of carbonyl (C=O) groups is 3. The number of allylic oxidation sites excluding steroid dienone is 1. The monoisotopic (exact) mass is 402 g/mol. The van der Waals surface area contributed by atoms with Crippen LogP contribution in [0.15, 0.2) is 11.6 Å². The zero-order valence-electron chi connectivity index (χ0n) is 17.8. The molecule has 0 amide bonds. The Kier molecular flexibility index (Phi) is 5.04. The summed E-state index contributed by atoms with van der Waals surface area (Å²) < 4.78 is 0. The number of carboxylic acids is 1. The van der Waals surface area contributed by atoms with Crippen LogP contribution in [-0.2, 0) is 14.4 Å². The molecule has 0 aliphatic heterocycles. The Morgan fingerprint density at radius 2 is 1.86 bits per heavy atom. The lowest BCUT2D eigenvalue weighted by Crippen LogP contribution is -2.60. The first-order valence-corrected chi connectivity index (χ1v) is 11.2.